The maximum Gasteiger partial charge on any atom is 0.0546 e. The highest BCUT2D eigenvalue weighted by Gasteiger charge is 2.25. The van der Waals surface area contributed by atoms with Gasteiger partial charge in [0.25, 0.3) is 0 Å². The second-order valence-electron chi connectivity index (χ2n) is 16.0. The second-order valence-corrected chi connectivity index (χ2v) is 18.1. The van der Waals surface area contributed by atoms with Crippen LogP contribution in [0.5, 0.6) is 0 Å². The van der Waals surface area contributed by atoms with Crippen LogP contribution in [0.1, 0.15) is 0 Å². The Kier molecular flexibility index (Phi) is 9.29. The minimum atomic E-state index is 1.08. The summed E-state index contributed by atoms with van der Waals surface area (Å²) < 4.78 is 5.23. The zero-order valence-electron chi connectivity index (χ0n) is 34.3. The lowest BCUT2D eigenvalue weighted by molar-refractivity contribution is 1.28. The van der Waals surface area contributed by atoms with Crippen LogP contribution >= 0.6 is 22.7 Å². The topological polar surface area (TPSA) is 3.24 Å². The normalized spacial score (nSPS) is 11.5. The van der Waals surface area contributed by atoms with E-state index < -0.39 is 0 Å². The van der Waals surface area contributed by atoms with Gasteiger partial charge in [0.2, 0.25) is 0 Å². The molecule has 0 spiro atoms. The van der Waals surface area contributed by atoms with Crippen molar-refractivity contribution in [2.75, 3.05) is 4.90 Å². The van der Waals surface area contributed by atoms with Crippen molar-refractivity contribution < 1.29 is 0 Å². The molecule has 2 aromatic heterocycles. The molecule has 0 fully saturated rings. The Morgan fingerprint density at radius 1 is 0.270 bits per heavy atom. The summed E-state index contributed by atoms with van der Waals surface area (Å²) in [7, 11) is 0. The van der Waals surface area contributed by atoms with E-state index in [9.17, 15) is 0 Å². The first-order valence-corrected chi connectivity index (χ1v) is 23.0. The number of rotatable bonds is 8. The van der Waals surface area contributed by atoms with Crippen molar-refractivity contribution in [2.45, 2.75) is 0 Å². The summed E-state index contributed by atoms with van der Waals surface area (Å²) in [6.45, 7) is 0. The fraction of sp³-hybridized carbons (Fsp3) is 0. The Balaban J connectivity index is 1.11. The van der Waals surface area contributed by atoms with Gasteiger partial charge >= 0.3 is 0 Å². The molecule has 2 heterocycles. The Morgan fingerprint density at radius 3 is 1.54 bits per heavy atom. The third kappa shape index (κ3) is 6.53. The molecule has 0 N–H and O–H groups in total. The molecule has 3 heteroatoms. The molecule has 0 aliphatic carbocycles. The van der Waals surface area contributed by atoms with Gasteiger partial charge in [-0.15, -0.1) is 22.7 Å². The Labute approximate surface area is 375 Å². The molecule has 0 unspecified atom stereocenters. The molecule has 0 radical (unpaired) electrons. The number of para-hydroxylation sites is 1. The van der Waals surface area contributed by atoms with Crippen LogP contribution < -0.4 is 4.90 Å². The highest BCUT2D eigenvalue weighted by molar-refractivity contribution is 7.26. The molecule has 10 aromatic carbocycles. The van der Waals surface area contributed by atoms with E-state index in [1.807, 2.05) is 22.7 Å². The molecule has 0 aliphatic rings. The smallest absolute Gasteiger partial charge is 0.0546 e. The van der Waals surface area contributed by atoms with E-state index in [1.165, 1.54) is 96.0 Å². The van der Waals surface area contributed by atoms with Crippen LogP contribution in [0.15, 0.2) is 237 Å². The van der Waals surface area contributed by atoms with E-state index >= 15 is 0 Å². The first-order valence-electron chi connectivity index (χ1n) is 21.4. The summed E-state index contributed by atoms with van der Waals surface area (Å²) in [5.41, 5.74) is 15.2. The number of fused-ring (bicyclic) bond motifs is 6. The molecule has 63 heavy (non-hydrogen) atoms. The standard InChI is InChI=1S/C60H39NS2/c1-3-17-41(18-4-1)45-21-7-8-25-50(45)59-46(42-19-5-2-6-20-42)26-16-30-55(59)61(44-36-33-40(34-37-44)43-35-38-58-53(39-43)49-24-11-13-31-56(49)62-58)54-29-12-9-22-47(54)51-27-15-28-52-48-23-10-14-32-57(48)63-60(51)52/h1-39H. The summed E-state index contributed by atoms with van der Waals surface area (Å²) in [6, 6.07) is 86.8. The van der Waals surface area contributed by atoms with E-state index in [1.54, 1.807) is 0 Å². The van der Waals surface area contributed by atoms with Gasteiger partial charge in [-0.25, -0.2) is 0 Å². The van der Waals surface area contributed by atoms with Gasteiger partial charge in [-0.2, -0.15) is 0 Å². The van der Waals surface area contributed by atoms with E-state index in [4.69, 9.17) is 0 Å². The lowest BCUT2D eigenvalue weighted by Crippen LogP contribution is -2.13. The second kappa shape index (κ2) is 15.7. The average Bonchev–Trinajstić information content (AvgIpc) is 3.93. The molecular weight excluding hydrogens is 799 g/mol. The van der Waals surface area contributed by atoms with Crippen molar-refractivity contribution in [3.8, 4) is 55.6 Å². The van der Waals surface area contributed by atoms with E-state index in [0.717, 1.165) is 17.1 Å². The van der Waals surface area contributed by atoms with Gasteiger partial charge in [0.05, 0.1) is 11.4 Å². The maximum atomic E-state index is 2.50. The SMILES string of the molecule is c1ccc(-c2ccccc2-c2c(-c3ccccc3)cccc2N(c2ccc(-c3ccc4sc5ccccc5c4c3)cc2)c2ccccc2-c2cccc3c2sc2ccccc23)cc1. The Bertz CT molecular complexity index is 3620. The van der Waals surface area contributed by atoms with Crippen LogP contribution in [0.2, 0.25) is 0 Å². The van der Waals surface area contributed by atoms with Crippen LogP contribution in [-0.2, 0) is 0 Å². The zero-order valence-corrected chi connectivity index (χ0v) is 35.9. The molecule has 12 rings (SSSR count). The fourth-order valence-corrected chi connectivity index (χ4v) is 11.7. The Hall–Kier alpha value is -7.56. The van der Waals surface area contributed by atoms with Gasteiger partial charge in [-0.1, -0.05) is 188 Å². The number of nitrogens with zero attached hydrogens (tertiary/aromatic N) is 1. The minimum Gasteiger partial charge on any atom is -0.309 e. The molecule has 0 saturated carbocycles. The van der Waals surface area contributed by atoms with Crippen molar-refractivity contribution in [3.63, 3.8) is 0 Å². The number of thiophene rings is 2. The predicted molar refractivity (Wildman–Crippen MR) is 274 cm³/mol. The van der Waals surface area contributed by atoms with Crippen LogP contribution in [0.3, 0.4) is 0 Å². The Morgan fingerprint density at radius 2 is 0.778 bits per heavy atom. The fourth-order valence-electron chi connectivity index (χ4n) is 9.41. The molecule has 0 amide bonds. The van der Waals surface area contributed by atoms with Crippen molar-refractivity contribution in [3.05, 3.63) is 237 Å². The average molecular weight is 838 g/mol. The highest BCUT2D eigenvalue weighted by atomic mass is 32.1. The van der Waals surface area contributed by atoms with Gasteiger partial charge < -0.3 is 4.90 Å². The molecule has 0 bridgehead atoms. The molecule has 0 atom stereocenters. The first kappa shape index (κ1) is 37.2. The van der Waals surface area contributed by atoms with Gasteiger partial charge in [0, 0.05) is 62.7 Å². The van der Waals surface area contributed by atoms with Gasteiger partial charge in [-0.05, 0) is 87.5 Å². The first-order chi connectivity index (χ1) is 31.3. The third-order valence-electron chi connectivity index (χ3n) is 12.3. The van der Waals surface area contributed by atoms with Gasteiger partial charge in [0.1, 0.15) is 0 Å². The molecule has 296 valence electrons. The van der Waals surface area contributed by atoms with Crippen molar-refractivity contribution in [1.29, 1.82) is 0 Å². The molecule has 0 aliphatic heterocycles. The maximum absolute atomic E-state index is 2.50. The van der Waals surface area contributed by atoms with Crippen LogP contribution in [0.25, 0.3) is 96.0 Å². The number of anilines is 3. The van der Waals surface area contributed by atoms with Crippen LogP contribution in [0, 0.1) is 0 Å². The van der Waals surface area contributed by atoms with Crippen LogP contribution in [0.4, 0.5) is 17.1 Å². The largest absolute Gasteiger partial charge is 0.309 e. The summed E-state index contributed by atoms with van der Waals surface area (Å²) >= 11 is 3.74. The van der Waals surface area contributed by atoms with Crippen molar-refractivity contribution in [2.24, 2.45) is 0 Å². The lowest BCUT2D eigenvalue weighted by Gasteiger charge is -2.31. The summed E-state index contributed by atoms with van der Waals surface area (Å²) in [5.74, 6) is 0. The molecule has 0 saturated heterocycles. The van der Waals surface area contributed by atoms with Crippen LogP contribution in [-0.4, -0.2) is 0 Å². The minimum absolute atomic E-state index is 1.08. The third-order valence-corrected chi connectivity index (χ3v) is 14.7. The summed E-state index contributed by atoms with van der Waals surface area (Å²) in [6.07, 6.45) is 0. The quantitative estimate of drug-likeness (QED) is 0.147. The van der Waals surface area contributed by atoms with Crippen molar-refractivity contribution in [1.82, 2.24) is 0 Å². The molecule has 12 aromatic rings. The zero-order chi connectivity index (χ0) is 41.7. The van der Waals surface area contributed by atoms with E-state index in [-0.39, 0.29) is 0 Å². The summed E-state index contributed by atoms with van der Waals surface area (Å²) in [5, 5.41) is 5.21. The number of hydrogen-bond acceptors (Lipinski definition) is 3. The predicted octanol–water partition coefficient (Wildman–Crippen LogP) is 18.2. The van der Waals surface area contributed by atoms with Gasteiger partial charge in [-0.3, -0.25) is 0 Å². The molecular formula is C60H39NS2. The van der Waals surface area contributed by atoms with E-state index in [2.05, 4.69) is 241 Å². The van der Waals surface area contributed by atoms with Gasteiger partial charge in [0.15, 0.2) is 0 Å². The monoisotopic (exact) mass is 837 g/mol. The highest BCUT2D eigenvalue weighted by Crippen LogP contribution is 2.51. The lowest BCUT2D eigenvalue weighted by atomic mass is 9.87. The van der Waals surface area contributed by atoms with Crippen molar-refractivity contribution >= 4 is 80.1 Å². The number of hydrogen-bond donors (Lipinski definition) is 0. The summed E-state index contributed by atoms with van der Waals surface area (Å²) in [4.78, 5) is 2.50. The van der Waals surface area contributed by atoms with E-state index in [0.29, 0.717) is 0 Å². The number of benzene rings is 10. The molecule has 1 nitrogen and oxygen atoms in total.